The Bertz CT molecular complexity index is 61.1. The average molecular weight is 181 g/mol. The quantitative estimate of drug-likeness (QED) is 0.599. The molecule has 0 saturated heterocycles. The summed E-state index contributed by atoms with van der Waals surface area (Å²) in [6.07, 6.45) is 0. The molecule has 42 valence electrons. The molecule has 0 aliphatic rings. The Morgan fingerprint density at radius 2 is 2.43 bits per heavy atom. The third kappa shape index (κ3) is 6.61. The minimum atomic E-state index is 0.648. The van der Waals surface area contributed by atoms with E-state index in [1.807, 2.05) is 10.2 Å². The van der Waals surface area contributed by atoms with E-state index in [0.29, 0.717) is 13.8 Å². The van der Waals surface area contributed by atoms with Gasteiger partial charge in [0.05, 0.1) is 0 Å². The Morgan fingerprint density at radius 3 is 2.57 bits per heavy atom. The van der Waals surface area contributed by atoms with Gasteiger partial charge >= 0.3 is 54.7 Å². The first-order valence-corrected chi connectivity index (χ1v) is 6.09. The van der Waals surface area contributed by atoms with E-state index < -0.39 is 0 Å². The summed E-state index contributed by atoms with van der Waals surface area (Å²) in [5, 5.41) is 0. The average Bonchev–Trinajstić information content (AvgIpc) is 1.61. The van der Waals surface area contributed by atoms with Crippen LogP contribution < -0.4 is 0 Å². The molecule has 7 heavy (non-hydrogen) atoms. The maximum atomic E-state index is 3.80. The summed E-state index contributed by atoms with van der Waals surface area (Å²) in [6, 6.07) is 0. The van der Waals surface area contributed by atoms with Crippen molar-refractivity contribution in [1.29, 1.82) is 0 Å². The van der Waals surface area contributed by atoms with E-state index in [2.05, 4.69) is 20.4 Å². The minimum absolute atomic E-state index is 0.648. The Hall–Kier alpha value is 0.609. The zero-order valence-electron chi connectivity index (χ0n) is 4.73. The van der Waals surface area contributed by atoms with Crippen LogP contribution in [0.3, 0.4) is 0 Å². The Balaban J connectivity index is 2.82. The summed E-state index contributed by atoms with van der Waals surface area (Å²) in [5.74, 6) is 1.23. The normalized spacial score (nSPS) is 8.86. The van der Waals surface area contributed by atoms with Crippen molar-refractivity contribution in [3.63, 3.8) is 0 Å². The van der Waals surface area contributed by atoms with Gasteiger partial charge in [0, 0.05) is 0 Å². The number of rotatable bonds is 3. The first-order chi connectivity index (χ1) is 3.27. The van der Waals surface area contributed by atoms with E-state index in [-0.39, 0.29) is 0 Å². The van der Waals surface area contributed by atoms with Crippen LogP contribution in [0.2, 0.25) is 0 Å². The van der Waals surface area contributed by atoms with Crippen molar-refractivity contribution in [3.8, 4) is 0 Å². The molecule has 0 atom stereocenters. The van der Waals surface area contributed by atoms with Crippen molar-refractivity contribution in [2.24, 2.45) is 0 Å². The summed E-state index contributed by atoms with van der Waals surface area (Å²) in [5.41, 5.74) is 0. The van der Waals surface area contributed by atoms with Gasteiger partial charge in [-0.3, -0.25) is 0 Å². The van der Waals surface area contributed by atoms with E-state index in [4.69, 9.17) is 0 Å². The van der Waals surface area contributed by atoms with Gasteiger partial charge in [0.25, 0.3) is 0 Å². The summed E-state index contributed by atoms with van der Waals surface area (Å²) >= 11 is 0.648. The van der Waals surface area contributed by atoms with Gasteiger partial charge in [0.1, 0.15) is 0 Å². The molecule has 0 aromatic rings. The topological polar surface area (TPSA) is 0 Å². The predicted molar refractivity (Wildman–Crippen MR) is 38.7 cm³/mol. The molecule has 0 unspecified atom stereocenters. The Labute approximate surface area is 55.0 Å². The first kappa shape index (κ1) is 7.61. The van der Waals surface area contributed by atoms with Crippen LogP contribution in [-0.4, -0.2) is 19.6 Å². The Morgan fingerprint density at radius 1 is 1.86 bits per heavy atom. The molecular formula is C5H10SSe. The van der Waals surface area contributed by atoms with E-state index >= 15 is 0 Å². The van der Waals surface area contributed by atoms with Gasteiger partial charge in [0.15, 0.2) is 0 Å². The van der Waals surface area contributed by atoms with Crippen LogP contribution in [0.4, 0.5) is 0 Å². The first-order valence-electron chi connectivity index (χ1n) is 2.22. The van der Waals surface area contributed by atoms with E-state index in [1.165, 1.54) is 10.2 Å². The van der Waals surface area contributed by atoms with Crippen LogP contribution in [0.5, 0.6) is 0 Å². The van der Waals surface area contributed by atoms with Gasteiger partial charge in [-0.05, 0) is 0 Å². The molecular weight excluding hydrogens is 171 g/mol. The van der Waals surface area contributed by atoms with Gasteiger partial charge in [-0.2, -0.15) is 0 Å². The molecule has 0 aliphatic heterocycles. The van der Waals surface area contributed by atoms with Crippen molar-refractivity contribution in [1.82, 2.24) is 0 Å². The Kier molecular flexibility index (Phi) is 5.18. The molecule has 0 radical (unpaired) electrons. The van der Waals surface area contributed by atoms with Crippen LogP contribution in [0.1, 0.15) is 13.8 Å². The molecule has 0 nitrogen and oxygen atoms in total. The van der Waals surface area contributed by atoms with Crippen molar-refractivity contribution < 1.29 is 0 Å². The summed E-state index contributed by atoms with van der Waals surface area (Å²) in [7, 11) is 1.98. The van der Waals surface area contributed by atoms with Crippen LogP contribution in [-0.2, 0) is 0 Å². The van der Waals surface area contributed by atoms with Crippen LogP contribution in [0, 0.1) is 0 Å². The van der Waals surface area contributed by atoms with Gasteiger partial charge < -0.3 is 0 Å². The zero-order valence-corrected chi connectivity index (χ0v) is 7.26. The predicted octanol–water partition coefficient (Wildman–Crippen LogP) is 1.89. The summed E-state index contributed by atoms with van der Waals surface area (Å²) < 4.78 is 1.33. The molecule has 0 heterocycles. The zero-order chi connectivity index (χ0) is 5.70. The summed E-state index contributed by atoms with van der Waals surface area (Å²) in [6.45, 7) is 8.06. The summed E-state index contributed by atoms with van der Waals surface area (Å²) in [4.78, 5) is 0. The molecule has 0 aromatic carbocycles. The van der Waals surface area contributed by atoms with Gasteiger partial charge in [-0.15, -0.1) is 0 Å². The second-order valence-corrected chi connectivity index (χ2v) is 6.17. The molecule has 0 fully saturated rings. The van der Waals surface area contributed by atoms with E-state index in [0.717, 1.165) is 0 Å². The molecule has 0 N–H and O–H groups in total. The number of hydrogen-bond acceptors (Lipinski definition) is 1. The SMILES string of the molecule is C=C(C)[Se]SCC. The second kappa shape index (κ2) is 4.76. The molecule has 0 amide bonds. The van der Waals surface area contributed by atoms with Gasteiger partial charge in [-0.25, -0.2) is 0 Å². The number of allylic oxidation sites excluding steroid dienone is 1. The molecule has 0 rings (SSSR count). The standard InChI is InChI=1S/C5H10SSe/c1-4-6-7-5(2)3/h2,4H2,1,3H3. The van der Waals surface area contributed by atoms with Crippen LogP contribution in [0.25, 0.3) is 0 Å². The van der Waals surface area contributed by atoms with E-state index in [1.54, 1.807) is 0 Å². The van der Waals surface area contributed by atoms with Crippen LogP contribution in [0.15, 0.2) is 11.1 Å². The molecule has 0 saturated carbocycles. The van der Waals surface area contributed by atoms with Crippen molar-refractivity contribution in [2.45, 2.75) is 13.8 Å². The van der Waals surface area contributed by atoms with Crippen molar-refractivity contribution >= 4 is 24.0 Å². The molecule has 0 bridgehead atoms. The monoisotopic (exact) mass is 182 g/mol. The second-order valence-electron chi connectivity index (χ2n) is 1.19. The molecule has 0 aliphatic carbocycles. The molecule has 2 heteroatoms. The van der Waals surface area contributed by atoms with Crippen LogP contribution >= 0.6 is 10.2 Å². The molecule has 0 spiro atoms. The fourth-order valence-electron chi connectivity index (χ4n) is 0.160. The van der Waals surface area contributed by atoms with Crippen molar-refractivity contribution in [2.75, 3.05) is 5.75 Å². The fourth-order valence-corrected chi connectivity index (χ4v) is 2.49. The third-order valence-electron chi connectivity index (χ3n) is 0.319. The van der Waals surface area contributed by atoms with Gasteiger partial charge in [-0.1, -0.05) is 0 Å². The van der Waals surface area contributed by atoms with Gasteiger partial charge in [0.2, 0.25) is 0 Å². The maximum absolute atomic E-state index is 3.80. The fraction of sp³-hybridized carbons (Fsp3) is 0.600. The molecule has 0 aromatic heterocycles. The third-order valence-corrected chi connectivity index (χ3v) is 4.97. The number of hydrogen-bond donors (Lipinski definition) is 0. The van der Waals surface area contributed by atoms with E-state index in [9.17, 15) is 0 Å². The van der Waals surface area contributed by atoms with Crippen molar-refractivity contribution in [3.05, 3.63) is 11.1 Å².